The third-order valence-electron chi connectivity index (χ3n) is 4.54. The molecule has 0 aliphatic carbocycles. The van der Waals surface area contributed by atoms with E-state index in [1.54, 1.807) is 12.3 Å². The fourth-order valence-electron chi connectivity index (χ4n) is 3.24. The van der Waals surface area contributed by atoms with Gasteiger partial charge in [0.25, 0.3) is 5.56 Å². The average Bonchev–Trinajstić information content (AvgIpc) is 2.74. The number of nitrogens with one attached hydrogen (secondary N) is 1. The number of hydrogen-bond acceptors (Lipinski definition) is 7. The van der Waals surface area contributed by atoms with E-state index in [1.807, 2.05) is 35.2 Å². The molecule has 1 aliphatic rings. The van der Waals surface area contributed by atoms with Crippen LogP contribution in [0.5, 0.6) is 0 Å². The zero-order valence-electron chi connectivity index (χ0n) is 14.5. The number of rotatable bonds is 3. The summed E-state index contributed by atoms with van der Waals surface area (Å²) < 4.78 is 0. The predicted octanol–water partition coefficient (Wildman–Crippen LogP) is 1.43. The molecular formula is C19H17N7O. The summed E-state index contributed by atoms with van der Waals surface area (Å²) in [5, 5.41) is 16.0. The van der Waals surface area contributed by atoms with Crippen LogP contribution in [0.15, 0.2) is 53.6 Å². The lowest BCUT2D eigenvalue weighted by Crippen LogP contribution is -2.47. The van der Waals surface area contributed by atoms with Gasteiger partial charge in [0, 0.05) is 50.2 Å². The Balaban J connectivity index is 1.60. The van der Waals surface area contributed by atoms with Gasteiger partial charge in [0.2, 0.25) is 0 Å². The monoisotopic (exact) mass is 359 g/mol. The number of nitrogens with zero attached hydrogens (tertiary/aromatic N) is 6. The van der Waals surface area contributed by atoms with E-state index in [1.165, 1.54) is 6.20 Å². The van der Waals surface area contributed by atoms with Crippen LogP contribution in [0.2, 0.25) is 0 Å². The van der Waals surface area contributed by atoms with Crippen molar-refractivity contribution in [2.24, 2.45) is 0 Å². The standard InChI is InChI=1S/C19H17N7O/c20-13-15-19(22-7-6-21-15)26-10-8-25(9-11-26)16-12-17(27)23-24-18(16)14-4-2-1-3-5-14/h1-7,12H,8-11H2,(H,23,27). The van der Waals surface area contributed by atoms with Crippen LogP contribution in [0.3, 0.4) is 0 Å². The number of aromatic amines is 1. The molecule has 8 nitrogen and oxygen atoms in total. The molecule has 27 heavy (non-hydrogen) atoms. The third-order valence-corrected chi connectivity index (χ3v) is 4.54. The third kappa shape index (κ3) is 3.35. The number of anilines is 2. The SMILES string of the molecule is N#Cc1nccnc1N1CCN(c2cc(=O)[nH]nc2-c2ccccc2)CC1. The van der Waals surface area contributed by atoms with Crippen molar-refractivity contribution in [3.05, 3.63) is 64.8 Å². The molecule has 0 unspecified atom stereocenters. The first-order valence-electron chi connectivity index (χ1n) is 8.62. The highest BCUT2D eigenvalue weighted by atomic mass is 16.1. The van der Waals surface area contributed by atoms with E-state index in [-0.39, 0.29) is 5.56 Å². The second-order valence-electron chi connectivity index (χ2n) is 6.15. The Morgan fingerprint density at radius 2 is 1.70 bits per heavy atom. The molecule has 0 saturated carbocycles. The number of hydrogen-bond donors (Lipinski definition) is 1. The summed E-state index contributed by atoms with van der Waals surface area (Å²) in [6.45, 7) is 2.72. The van der Waals surface area contributed by atoms with Crippen molar-refractivity contribution in [1.29, 1.82) is 5.26 Å². The number of aromatic nitrogens is 4. The van der Waals surface area contributed by atoms with Gasteiger partial charge < -0.3 is 9.80 Å². The van der Waals surface area contributed by atoms with Crippen LogP contribution in [0, 0.1) is 11.3 Å². The van der Waals surface area contributed by atoms with Gasteiger partial charge >= 0.3 is 0 Å². The van der Waals surface area contributed by atoms with Crippen LogP contribution in [0.25, 0.3) is 11.3 Å². The Bertz CT molecular complexity index is 1030. The molecule has 1 aromatic carbocycles. The van der Waals surface area contributed by atoms with Gasteiger partial charge in [0.1, 0.15) is 11.8 Å². The minimum absolute atomic E-state index is 0.229. The number of benzene rings is 1. The lowest BCUT2D eigenvalue weighted by atomic mass is 10.1. The summed E-state index contributed by atoms with van der Waals surface area (Å²) in [5.41, 5.74) is 2.61. The van der Waals surface area contributed by atoms with E-state index in [9.17, 15) is 10.1 Å². The normalized spacial score (nSPS) is 14.0. The van der Waals surface area contributed by atoms with E-state index < -0.39 is 0 Å². The van der Waals surface area contributed by atoms with E-state index in [0.717, 1.165) is 16.9 Å². The van der Waals surface area contributed by atoms with Crippen LogP contribution < -0.4 is 15.4 Å². The lowest BCUT2D eigenvalue weighted by molar-refractivity contribution is 0.644. The first-order chi connectivity index (χ1) is 13.3. The zero-order chi connectivity index (χ0) is 18.6. The largest absolute Gasteiger partial charge is 0.366 e. The van der Waals surface area contributed by atoms with Crippen LogP contribution in [0.1, 0.15) is 5.69 Å². The molecule has 2 aromatic heterocycles. The Morgan fingerprint density at radius 3 is 2.44 bits per heavy atom. The Labute approximate surface area is 155 Å². The van der Waals surface area contributed by atoms with Crippen LogP contribution >= 0.6 is 0 Å². The quantitative estimate of drug-likeness (QED) is 0.754. The molecule has 8 heteroatoms. The van der Waals surface area contributed by atoms with Crippen LogP contribution in [-0.4, -0.2) is 46.3 Å². The molecule has 3 heterocycles. The van der Waals surface area contributed by atoms with E-state index in [0.29, 0.717) is 37.7 Å². The van der Waals surface area contributed by atoms with Gasteiger partial charge in [-0.3, -0.25) is 4.79 Å². The molecule has 1 saturated heterocycles. The molecular weight excluding hydrogens is 342 g/mol. The van der Waals surface area contributed by atoms with Crippen molar-refractivity contribution in [1.82, 2.24) is 20.2 Å². The molecule has 134 valence electrons. The highest BCUT2D eigenvalue weighted by Gasteiger charge is 2.23. The van der Waals surface area contributed by atoms with Crippen molar-refractivity contribution in [2.45, 2.75) is 0 Å². The highest BCUT2D eigenvalue weighted by Crippen LogP contribution is 2.28. The maximum Gasteiger partial charge on any atom is 0.266 e. The zero-order valence-corrected chi connectivity index (χ0v) is 14.5. The van der Waals surface area contributed by atoms with Crippen molar-refractivity contribution < 1.29 is 0 Å². The summed E-state index contributed by atoms with van der Waals surface area (Å²) in [4.78, 5) is 24.5. The maximum atomic E-state index is 11.9. The molecule has 0 spiro atoms. The van der Waals surface area contributed by atoms with E-state index >= 15 is 0 Å². The fourth-order valence-corrected chi connectivity index (χ4v) is 3.24. The van der Waals surface area contributed by atoms with Gasteiger partial charge in [-0.2, -0.15) is 10.4 Å². The summed E-state index contributed by atoms with van der Waals surface area (Å²) in [6, 6.07) is 13.5. The minimum atomic E-state index is -0.229. The lowest BCUT2D eigenvalue weighted by Gasteiger charge is -2.37. The second kappa shape index (κ2) is 7.25. The molecule has 0 amide bonds. The van der Waals surface area contributed by atoms with Gasteiger partial charge in [-0.1, -0.05) is 30.3 Å². The smallest absolute Gasteiger partial charge is 0.266 e. The van der Waals surface area contributed by atoms with E-state index in [4.69, 9.17) is 0 Å². The maximum absolute atomic E-state index is 11.9. The average molecular weight is 359 g/mol. The number of H-pyrrole nitrogens is 1. The molecule has 1 aliphatic heterocycles. The van der Waals surface area contributed by atoms with Crippen LogP contribution in [-0.2, 0) is 0 Å². The second-order valence-corrected chi connectivity index (χ2v) is 6.15. The summed E-state index contributed by atoms with van der Waals surface area (Å²) in [5.74, 6) is 0.604. The fraction of sp³-hybridized carbons (Fsp3) is 0.211. The van der Waals surface area contributed by atoms with Crippen molar-refractivity contribution in [3.63, 3.8) is 0 Å². The summed E-state index contributed by atoms with van der Waals surface area (Å²) in [7, 11) is 0. The Morgan fingerprint density at radius 1 is 1.00 bits per heavy atom. The molecule has 3 aromatic rings. The van der Waals surface area contributed by atoms with Gasteiger partial charge in [0.15, 0.2) is 11.5 Å². The van der Waals surface area contributed by atoms with Crippen molar-refractivity contribution >= 4 is 11.5 Å². The molecule has 0 bridgehead atoms. The first kappa shape index (κ1) is 16.7. The molecule has 4 rings (SSSR count). The van der Waals surface area contributed by atoms with E-state index in [2.05, 4.69) is 31.1 Å². The number of nitriles is 1. The molecule has 0 radical (unpaired) electrons. The first-order valence-corrected chi connectivity index (χ1v) is 8.62. The molecule has 0 atom stereocenters. The minimum Gasteiger partial charge on any atom is -0.366 e. The topological polar surface area (TPSA) is 102 Å². The van der Waals surface area contributed by atoms with Gasteiger partial charge in [0.05, 0.1) is 5.69 Å². The predicted molar refractivity (Wildman–Crippen MR) is 101 cm³/mol. The van der Waals surface area contributed by atoms with Crippen molar-refractivity contribution in [3.8, 4) is 17.3 Å². The molecule has 1 N–H and O–H groups in total. The molecule has 1 fully saturated rings. The highest BCUT2D eigenvalue weighted by molar-refractivity contribution is 5.74. The van der Waals surface area contributed by atoms with Crippen molar-refractivity contribution in [2.75, 3.05) is 36.0 Å². The Hall–Kier alpha value is -3.73. The van der Waals surface area contributed by atoms with Gasteiger partial charge in [-0.25, -0.2) is 15.1 Å². The van der Waals surface area contributed by atoms with Crippen LogP contribution in [0.4, 0.5) is 11.5 Å². The summed E-state index contributed by atoms with van der Waals surface area (Å²) in [6.07, 6.45) is 3.11. The summed E-state index contributed by atoms with van der Waals surface area (Å²) >= 11 is 0. The Kier molecular flexibility index (Phi) is 4.49. The number of piperazine rings is 1. The van der Waals surface area contributed by atoms with Gasteiger partial charge in [-0.05, 0) is 0 Å². The van der Waals surface area contributed by atoms with Gasteiger partial charge in [-0.15, -0.1) is 0 Å².